The fourth-order valence-corrected chi connectivity index (χ4v) is 7.71. The number of thiocarbonyl (C=S) groups is 1. The van der Waals surface area contributed by atoms with E-state index < -0.39 is 41.5 Å². The fourth-order valence-electron chi connectivity index (χ4n) is 7.18. The largest absolute Gasteiger partial charge is 0.491 e. The van der Waals surface area contributed by atoms with Gasteiger partial charge in [-0.3, -0.25) is 33.8 Å². The van der Waals surface area contributed by atoms with Crippen LogP contribution in [0.1, 0.15) is 50.3 Å². The first-order chi connectivity index (χ1) is 28.0. The van der Waals surface area contributed by atoms with E-state index in [1.54, 1.807) is 56.3 Å². The Morgan fingerprint density at radius 3 is 2.49 bits per heavy atom. The van der Waals surface area contributed by atoms with Gasteiger partial charge in [-0.25, -0.2) is 0 Å². The van der Waals surface area contributed by atoms with Crippen molar-refractivity contribution in [1.29, 1.82) is 5.26 Å². The number of nitrogens with one attached hydrogen (secondary N) is 3. The predicted octanol–water partition coefficient (Wildman–Crippen LogP) is 5.72. The molecule has 3 aromatic rings. The number of alkyl halides is 4. The molecule has 3 aromatic carbocycles. The average Bonchev–Trinajstić information content (AvgIpc) is 3.35. The first-order valence-corrected chi connectivity index (χ1v) is 19.2. The number of nitrogens with zero attached hydrogens (tertiary/aromatic N) is 5. The third kappa shape index (κ3) is 9.41. The van der Waals surface area contributed by atoms with Crippen LogP contribution in [0.2, 0.25) is 0 Å². The monoisotopic (exact) mass is 834 g/mol. The molecule has 0 aromatic heterocycles. The lowest BCUT2D eigenvalue weighted by molar-refractivity contribution is -0.138. The van der Waals surface area contributed by atoms with Crippen molar-refractivity contribution < 1.29 is 41.5 Å². The molecule has 0 bridgehead atoms. The lowest BCUT2D eigenvalue weighted by Gasteiger charge is -2.34. The average molecular weight is 835 g/mol. The molecule has 0 aliphatic carbocycles. The predicted molar refractivity (Wildman–Crippen MR) is 216 cm³/mol. The number of rotatable bonds is 13. The van der Waals surface area contributed by atoms with Crippen molar-refractivity contribution in [2.75, 3.05) is 59.9 Å². The SMILES string of the molecule is CC1=CN(CCOc2ccc(N3C(=S)N(c4ccc(C#N)c(C(F)(F)F)c4)C(=O)C3(C)C)cc2CCF)CCN1CC(=O)Nc1cccc(NC2CCC(=O)NC2=O)c1. The van der Waals surface area contributed by atoms with Crippen molar-refractivity contribution in [3.05, 3.63) is 89.3 Å². The zero-order valence-electron chi connectivity index (χ0n) is 32.5. The van der Waals surface area contributed by atoms with Gasteiger partial charge in [0, 0.05) is 54.9 Å². The summed E-state index contributed by atoms with van der Waals surface area (Å²) in [5, 5.41) is 17.5. The molecule has 0 radical (unpaired) electrons. The maximum Gasteiger partial charge on any atom is 0.417 e. The molecule has 3 aliphatic rings. The summed E-state index contributed by atoms with van der Waals surface area (Å²) in [6, 6.07) is 15.9. The van der Waals surface area contributed by atoms with Crippen LogP contribution in [0.4, 0.5) is 40.3 Å². The fraction of sp³-hybridized carbons (Fsp3) is 0.366. The summed E-state index contributed by atoms with van der Waals surface area (Å²) >= 11 is 5.66. The zero-order chi connectivity index (χ0) is 42.6. The number of anilines is 4. The van der Waals surface area contributed by atoms with Gasteiger partial charge in [0.15, 0.2) is 5.11 Å². The molecule has 2 saturated heterocycles. The lowest BCUT2D eigenvalue weighted by Crippen LogP contribution is -2.47. The van der Waals surface area contributed by atoms with E-state index in [1.165, 1.54) is 17.0 Å². The van der Waals surface area contributed by atoms with Gasteiger partial charge >= 0.3 is 6.18 Å². The number of piperidine rings is 1. The topological polar surface area (TPSA) is 150 Å². The number of allylic oxidation sites excluding steroid dienone is 1. The van der Waals surface area contributed by atoms with Crippen molar-refractivity contribution in [3.8, 4) is 11.8 Å². The molecule has 3 aliphatic heterocycles. The van der Waals surface area contributed by atoms with Crippen LogP contribution in [0, 0.1) is 11.3 Å². The van der Waals surface area contributed by atoms with Crippen LogP contribution in [0.3, 0.4) is 0 Å². The van der Waals surface area contributed by atoms with Gasteiger partial charge in [0.25, 0.3) is 5.91 Å². The Bertz CT molecular complexity index is 2240. The first-order valence-electron chi connectivity index (χ1n) is 18.8. The van der Waals surface area contributed by atoms with E-state index >= 15 is 0 Å². The molecule has 3 N–H and O–H groups in total. The molecule has 0 spiro atoms. The Morgan fingerprint density at radius 2 is 1.80 bits per heavy atom. The minimum absolute atomic E-state index is 0.00712. The summed E-state index contributed by atoms with van der Waals surface area (Å²) < 4.78 is 61.3. The van der Waals surface area contributed by atoms with Gasteiger partial charge in [-0.2, -0.15) is 18.4 Å². The summed E-state index contributed by atoms with van der Waals surface area (Å²) in [7, 11) is 0. The van der Waals surface area contributed by atoms with Crippen LogP contribution in [0.15, 0.2) is 72.6 Å². The Hall–Kier alpha value is -6.22. The van der Waals surface area contributed by atoms with Crippen molar-refractivity contribution in [2.24, 2.45) is 0 Å². The van der Waals surface area contributed by atoms with Crippen LogP contribution in [-0.4, -0.2) is 89.6 Å². The summed E-state index contributed by atoms with van der Waals surface area (Å²) in [5.41, 5.74) is -0.249. The third-order valence-electron chi connectivity index (χ3n) is 10.2. The molecule has 13 nitrogen and oxygen atoms in total. The highest BCUT2D eigenvalue weighted by atomic mass is 32.1. The maximum atomic E-state index is 13.8. The van der Waals surface area contributed by atoms with Crippen molar-refractivity contribution >= 4 is 63.7 Å². The number of nitriles is 1. The molecule has 1 atom stereocenters. The number of carbonyl (C=O) groups is 4. The number of carbonyl (C=O) groups excluding carboxylic acids is 4. The number of ether oxygens (including phenoxy) is 1. The molecular formula is C41H42F4N8O5S. The maximum absolute atomic E-state index is 13.8. The van der Waals surface area contributed by atoms with Gasteiger partial charge in [0.2, 0.25) is 17.7 Å². The molecular weight excluding hydrogens is 793 g/mol. The number of aryl methyl sites for hydroxylation is 1. The van der Waals surface area contributed by atoms with Gasteiger partial charge < -0.3 is 30.1 Å². The van der Waals surface area contributed by atoms with E-state index in [-0.39, 0.29) is 54.5 Å². The van der Waals surface area contributed by atoms with E-state index in [9.17, 15) is 42.0 Å². The second-order valence-electron chi connectivity index (χ2n) is 14.7. The third-order valence-corrected chi connectivity index (χ3v) is 10.6. The number of hydrogen-bond donors (Lipinski definition) is 3. The Labute approximate surface area is 343 Å². The second kappa shape index (κ2) is 17.3. The highest BCUT2D eigenvalue weighted by molar-refractivity contribution is 7.81. The first kappa shape index (κ1) is 42.4. The molecule has 3 heterocycles. The van der Waals surface area contributed by atoms with E-state index in [0.29, 0.717) is 54.4 Å². The van der Waals surface area contributed by atoms with Gasteiger partial charge in [-0.1, -0.05) is 6.07 Å². The minimum Gasteiger partial charge on any atom is -0.491 e. The number of halogens is 4. The van der Waals surface area contributed by atoms with Gasteiger partial charge in [0.05, 0.1) is 42.6 Å². The number of hydrogen-bond acceptors (Lipinski definition) is 10. The number of benzene rings is 3. The number of imide groups is 1. The van der Waals surface area contributed by atoms with Gasteiger partial charge in [0.1, 0.15) is 23.9 Å². The molecule has 59 heavy (non-hydrogen) atoms. The van der Waals surface area contributed by atoms with E-state index in [1.807, 2.05) is 18.0 Å². The quantitative estimate of drug-likeness (QED) is 0.110. The van der Waals surface area contributed by atoms with E-state index in [4.69, 9.17) is 17.0 Å². The van der Waals surface area contributed by atoms with Crippen LogP contribution in [-0.2, 0) is 31.8 Å². The second-order valence-corrected chi connectivity index (χ2v) is 15.1. The highest BCUT2D eigenvalue weighted by Gasteiger charge is 2.51. The van der Waals surface area contributed by atoms with Crippen LogP contribution >= 0.6 is 12.2 Å². The normalized spacial score (nSPS) is 18.1. The molecule has 4 amide bonds. The molecule has 18 heteroatoms. The van der Waals surface area contributed by atoms with Crippen molar-refractivity contribution in [2.45, 2.75) is 57.8 Å². The summed E-state index contributed by atoms with van der Waals surface area (Å²) in [5.74, 6) is -1.07. The highest BCUT2D eigenvalue weighted by Crippen LogP contribution is 2.40. The molecule has 6 rings (SSSR count). The van der Waals surface area contributed by atoms with E-state index in [0.717, 1.165) is 22.7 Å². The summed E-state index contributed by atoms with van der Waals surface area (Å²) in [6.07, 6.45) is -2.29. The summed E-state index contributed by atoms with van der Waals surface area (Å²) in [4.78, 5) is 56.8. The minimum atomic E-state index is -4.84. The van der Waals surface area contributed by atoms with Gasteiger partial charge in [-0.15, -0.1) is 0 Å². The van der Waals surface area contributed by atoms with Crippen molar-refractivity contribution in [1.82, 2.24) is 15.1 Å². The molecule has 1 unspecified atom stereocenters. The van der Waals surface area contributed by atoms with Gasteiger partial charge in [-0.05, 0) is 99.6 Å². The number of amides is 4. The molecule has 310 valence electrons. The van der Waals surface area contributed by atoms with E-state index in [2.05, 4.69) is 20.9 Å². The van der Waals surface area contributed by atoms with Crippen LogP contribution in [0.25, 0.3) is 0 Å². The Morgan fingerprint density at radius 1 is 1.05 bits per heavy atom. The standard InChI is InChI=1S/C41H42F4N8O5S/c1-25-23-50(15-16-51(25)24-36(55)48-29-6-4-5-28(20-29)47-33-10-12-35(54)49-37(33)56)17-18-58-34-11-9-31(19-26(34)13-14-42)53-39(59)52(38(57)40(53,2)3)30-8-7-27(22-46)32(21-30)41(43,44)45/h4-9,11,19-21,23,33,47H,10,12-18,24H2,1-3H3,(H,48,55)(H,49,54,56). The molecule has 0 saturated carbocycles. The smallest absolute Gasteiger partial charge is 0.417 e. The lowest BCUT2D eigenvalue weighted by atomic mass is 10.0. The van der Waals surface area contributed by atoms with Crippen molar-refractivity contribution in [3.63, 3.8) is 0 Å². The Balaban J connectivity index is 1.05. The van der Waals surface area contributed by atoms with Crippen LogP contribution in [0.5, 0.6) is 5.75 Å². The van der Waals surface area contributed by atoms with Crippen LogP contribution < -0.4 is 30.5 Å². The molecule has 2 fully saturated rings. The summed E-state index contributed by atoms with van der Waals surface area (Å²) in [6.45, 7) is 6.37. The Kier molecular flexibility index (Phi) is 12.4. The zero-order valence-corrected chi connectivity index (χ0v) is 33.3.